The van der Waals surface area contributed by atoms with Crippen molar-refractivity contribution in [2.75, 3.05) is 6.54 Å². The Balaban J connectivity index is 2.59. The van der Waals surface area contributed by atoms with Crippen molar-refractivity contribution < 1.29 is 15.0 Å². The summed E-state index contributed by atoms with van der Waals surface area (Å²) in [7, 11) is 0. The third kappa shape index (κ3) is 3.73. The van der Waals surface area contributed by atoms with Crippen LogP contribution in [0, 0.1) is 0 Å². The Kier molecular flexibility index (Phi) is 4.60. The first-order chi connectivity index (χ1) is 7.50. The highest BCUT2D eigenvalue weighted by Crippen LogP contribution is 2.14. The number of carbonyl (C=O) groups is 1. The minimum Gasteiger partial charge on any atom is -0.388 e. The zero-order chi connectivity index (χ0) is 12.1. The molecule has 2 atom stereocenters. The summed E-state index contributed by atoms with van der Waals surface area (Å²) in [6.45, 7) is 1.27. The number of amides is 1. The van der Waals surface area contributed by atoms with Gasteiger partial charge in [0, 0.05) is 13.5 Å². The molecule has 1 aromatic heterocycles. The molecule has 1 heterocycles. The van der Waals surface area contributed by atoms with Crippen molar-refractivity contribution in [1.82, 2.24) is 15.5 Å². The monoisotopic (exact) mass is 245 g/mol. The molecular weight excluding hydrogens is 234 g/mol. The molecule has 2 unspecified atom stereocenters. The van der Waals surface area contributed by atoms with Gasteiger partial charge in [0.2, 0.25) is 5.91 Å². The van der Waals surface area contributed by atoms with Crippen LogP contribution in [0.4, 0.5) is 0 Å². The van der Waals surface area contributed by atoms with Crippen molar-refractivity contribution in [3.63, 3.8) is 0 Å². The summed E-state index contributed by atoms with van der Waals surface area (Å²) >= 11 is 5.52. The number of hydrogen-bond donors (Lipinski definition) is 3. The number of nitrogens with one attached hydrogen (secondary N) is 1. The molecule has 0 aliphatic rings. The first-order valence-electron chi connectivity index (χ1n) is 4.60. The van der Waals surface area contributed by atoms with E-state index in [2.05, 4.69) is 15.5 Å². The van der Waals surface area contributed by atoms with Crippen molar-refractivity contribution >= 4 is 17.5 Å². The highest BCUT2D eigenvalue weighted by atomic mass is 35.5. The lowest BCUT2D eigenvalue weighted by molar-refractivity contribution is -0.119. The van der Waals surface area contributed by atoms with Gasteiger partial charge in [0.05, 0.1) is 5.69 Å². The second-order valence-electron chi connectivity index (χ2n) is 3.23. The summed E-state index contributed by atoms with van der Waals surface area (Å²) < 4.78 is 0. The molecule has 3 N–H and O–H groups in total. The van der Waals surface area contributed by atoms with Gasteiger partial charge < -0.3 is 15.5 Å². The smallest absolute Gasteiger partial charge is 0.216 e. The molecule has 0 spiro atoms. The molecule has 1 aromatic rings. The second kappa shape index (κ2) is 5.74. The van der Waals surface area contributed by atoms with Crippen LogP contribution < -0.4 is 5.32 Å². The number of carbonyl (C=O) groups excluding carboxylic acids is 1. The topological polar surface area (TPSA) is 95.3 Å². The minimum atomic E-state index is -1.21. The average molecular weight is 246 g/mol. The molecule has 0 aliphatic carbocycles. The fraction of sp³-hybridized carbons (Fsp3) is 0.444. The van der Waals surface area contributed by atoms with Crippen molar-refractivity contribution in [2.45, 2.75) is 19.1 Å². The fourth-order valence-corrected chi connectivity index (χ4v) is 1.14. The Hall–Kier alpha value is -1.24. The number of rotatable bonds is 4. The number of halogens is 1. The van der Waals surface area contributed by atoms with E-state index in [-0.39, 0.29) is 23.3 Å². The summed E-state index contributed by atoms with van der Waals surface area (Å²) in [4.78, 5) is 10.6. The van der Waals surface area contributed by atoms with Gasteiger partial charge in [-0.05, 0) is 12.1 Å². The summed E-state index contributed by atoms with van der Waals surface area (Å²) in [6, 6.07) is 2.91. The van der Waals surface area contributed by atoms with Crippen molar-refractivity contribution in [3.05, 3.63) is 23.0 Å². The first-order valence-corrected chi connectivity index (χ1v) is 4.98. The Morgan fingerprint density at radius 3 is 2.69 bits per heavy atom. The highest BCUT2D eigenvalue weighted by Gasteiger charge is 2.20. The van der Waals surface area contributed by atoms with E-state index in [0.717, 1.165) is 0 Å². The van der Waals surface area contributed by atoms with Crippen LogP contribution >= 0.6 is 11.6 Å². The van der Waals surface area contributed by atoms with Gasteiger partial charge in [0.15, 0.2) is 5.15 Å². The lowest BCUT2D eigenvalue weighted by atomic mass is 10.1. The summed E-state index contributed by atoms with van der Waals surface area (Å²) in [5.74, 6) is -0.284. The van der Waals surface area contributed by atoms with Crippen LogP contribution in [0.15, 0.2) is 12.1 Å². The largest absolute Gasteiger partial charge is 0.388 e. The van der Waals surface area contributed by atoms with Gasteiger partial charge in [-0.3, -0.25) is 4.79 Å². The molecule has 0 bridgehead atoms. The van der Waals surface area contributed by atoms with Gasteiger partial charge in [-0.15, -0.1) is 5.10 Å². The maximum atomic E-state index is 10.6. The number of hydrogen-bond acceptors (Lipinski definition) is 5. The Morgan fingerprint density at radius 1 is 1.50 bits per heavy atom. The minimum absolute atomic E-state index is 0.0548. The van der Waals surface area contributed by atoms with Gasteiger partial charge in [0.1, 0.15) is 12.2 Å². The van der Waals surface area contributed by atoms with Crippen LogP contribution in [0.2, 0.25) is 5.15 Å². The molecule has 0 fully saturated rings. The SMILES string of the molecule is CC(=O)NCC(O)C(O)c1ccc(Cl)nn1. The predicted octanol–water partition coefficient (Wildman–Crippen LogP) is -0.340. The van der Waals surface area contributed by atoms with E-state index in [1.54, 1.807) is 0 Å². The average Bonchev–Trinajstić information content (AvgIpc) is 2.26. The lowest BCUT2D eigenvalue weighted by Gasteiger charge is -2.16. The molecule has 1 rings (SSSR count). The maximum Gasteiger partial charge on any atom is 0.216 e. The molecule has 0 aromatic carbocycles. The number of aliphatic hydroxyl groups excluding tert-OH is 2. The lowest BCUT2D eigenvalue weighted by Crippen LogP contribution is -2.34. The van der Waals surface area contributed by atoms with Gasteiger partial charge in [0.25, 0.3) is 0 Å². The summed E-state index contributed by atoms with van der Waals surface area (Å²) in [5.41, 5.74) is 0.197. The van der Waals surface area contributed by atoms with Crippen LogP contribution in [-0.4, -0.2) is 39.0 Å². The number of aliphatic hydroxyl groups is 2. The van der Waals surface area contributed by atoms with Crippen LogP contribution in [0.25, 0.3) is 0 Å². The molecule has 16 heavy (non-hydrogen) atoms. The van der Waals surface area contributed by atoms with Gasteiger partial charge in [-0.2, -0.15) is 5.10 Å². The normalized spacial score (nSPS) is 14.2. The van der Waals surface area contributed by atoms with Crippen molar-refractivity contribution in [2.24, 2.45) is 0 Å². The maximum absolute atomic E-state index is 10.6. The molecule has 6 nitrogen and oxygen atoms in total. The third-order valence-corrected chi connectivity index (χ3v) is 2.08. The van der Waals surface area contributed by atoms with Crippen molar-refractivity contribution in [1.29, 1.82) is 0 Å². The van der Waals surface area contributed by atoms with Crippen LogP contribution in [0.1, 0.15) is 18.7 Å². The Labute approximate surface area is 97.3 Å². The first kappa shape index (κ1) is 12.8. The fourth-order valence-electron chi connectivity index (χ4n) is 1.04. The zero-order valence-corrected chi connectivity index (χ0v) is 9.35. The zero-order valence-electron chi connectivity index (χ0n) is 8.59. The van der Waals surface area contributed by atoms with Gasteiger partial charge in [-0.25, -0.2) is 0 Å². The second-order valence-corrected chi connectivity index (χ2v) is 3.62. The molecule has 0 radical (unpaired) electrons. The van der Waals surface area contributed by atoms with Gasteiger partial charge >= 0.3 is 0 Å². The highest BCUT2D eigenvalue weighted by molar-refractivity contribution is 6.29. The standard InChI is InChI=1S/C9H12ClN3O3/c1-5(14)11-4-7(15)9(16)6-2-3-8(10)13-12-6/h2-3,7,9,15-16H,4H2,1H3,(H,11,14). The van der Waals surface area contributed by atoms with E-state index in [4.69, 9.17) is 11.6 Å². The van der Waals surface area contributed by atoms with E-state index in [9.17, 15) is 15.0 Å². The summed E-state index contributed by atoms with van der Waals surface area (Å²) in [5, 5.41) is 28.9. The summed E-state index contributed by atoms with van der Waals surface area (Å²) in [6.07, 6.45) is -2.35. The van der Waals surface area contributed by atoms with Crippen LogP contribution in [0.3, 0.4) is 0 Å². The predicted molar refractivity (Wildman–Crippen MR) is 56.7 cm³/mol. The van der Waals surface area contributed by atoms with E-state index < -0.39 is 12.2 Å². The van der Waals surface area contributed by atoms with E-state index in [1.807, 2.05) is 0 Å². The molecular formula is C9H12ClN3O3. The van der Waals surface area contributed by atoms with Gasteiger partial charge in [-0.1, -0.05) is 11.6 Å². The molecule has 0 saturated heterocycles. The number of nitrogens with zero attached hydrogens (tertiary/aromatic N) is 2. The molecule has 0 saturated carbocycles. The number of aromatic nitrogens is 2. The Bertz CT molecular complexity index is 358. The molecule has 7 heteroatoms. The van der Waals surface area contributed by atoms with E-state index in [0.29, 0.717) is 0 Å². The molecule has 88 valence electrons. The third-order valence-electron chi connectivity index (χ3n) is 1.88. The molecule has 0 aliphatic heterocycles. The van der Waals surface area contributed by atoms with Crippen LogP contribution in [-0.2, 0) is 4.79 Å². The van der Waals surface area contributed by atoms with Crippen LogP contribution in [0.5, 0.6) is 0 Å². The van der Waals surface area contributed by atoms with Crippen molar-refractivity contribution in [3.8, 4) is 0 Å². The van der Waals surface area contributed by atoms with E-state index >= 15 is 0 Å². The van der Waals surface area contributed by atoms with E-state index in [1.165, 1.54) is 19.1 Å². The molecule has 1 amide bonds. The quantitative estimate of drug-likeness (QED) is 0.675. The Morgan fingerprint density at radius 2 is 2.19 bits per heavy atom.